The van der Waals surface area contributed by atoms with E-state index < -0.39 is 21.9 Å². The van der Waals surface area contributed by atoms with Crippen LogP contribution in [0.1, 0.15) is 27.4 Å². The number of nitrogens with zero attached hydrogens (tertiary/aromatic N) is 1. The van der Waals surface area contributed by atoms with E-state index in [-0.39, 0.29) is 30.4 Å². The Hall–Kier alpha value is -2.23. The molecule has 7 nitrogen and oxygen atoms in total. The van der Waals surface area contributed by atoms with Gasteiger partial charge in [0.25, 0.3) is 0 Å². The molecule has 0 aliphatic carbocycles. The van der Waals surface area contributed by atoms with Crippen molar-refractivity contribution in [3.63, 3.8) is 0 Å². The monoisotopic (exact) mass is 437 g/mol. The first kappa shape index (κ1) is 21.5. The molecule has 0 atom stereocenters. The summed E-state index contributed by atoms with van der Waals surface area (Å²) in [5.74, 6) is -0.503. The number of benzene rings is 1. The highest BCUT2D eigenvalue weighted by Gasteiger charge is 2.33. The zero-order valence-electron chi connectivity index (χ0n) is 16.3. The average Bonchev–Trinajstić information content (AvgIpc) is 3.18. The van der Waals surface area contributed by atoms with Gasteiger partial charge in [-0.2, -0.15) is 4.31 Å². The highest BCUT2D eigenvalue weighted by molar-refractivity contribution is 7.89. The topological polar surface area (TPSA) is 90.0 Å². The van der Waals surface area contributed by atoms with E-state index >= 15 is 0 Å². The maximum absolute atomic E-state index is 12.8. The molecular weight excluding hydrogens is 414 g/mol. The summed E-state index contributed by atoms with van der Waals surface area (Å²) in [5.41, 5.74) is 0. The van der Waals surface area contributed by atoms with E-state index in [9.17, 15) is 18.0 Å². The zero-order valence-corrected chi connectivity index (χ0v) is 17.9. The van der Waals surface area contributed by atoms with Crippen LogP contribution in [0.25, 0.3) is 0 Å². The lowest BCUT2D eigenvalue weighted by atomic mass is 9.98. The third-order valence-electron chi connectivity index (χ3n) is 4.85. The number of methoxy groups -OCH3 is 1. The third-order valence-corrected chi connectivity index (χ3v) is 7.80. The van der Waals surface area contributed by atoms with E-state index in [0.29, 0.717) is 23.5 Å². The number of carbonyl (C=O) groups is 2. The van der Waals surface area contributed by atoms with Crippen LogP contribution in [0.4, 0.5) is 0 Å². The molecule has 0 amide bonds. The number of hydrogen-bond donors (Lipinski definition) is 0. The number of ether oxygens (including phenoxy) is 2. The second-order valence-electron chi connectivity index (χ2n) is 6.80. The van der Waals surface area contributed by atoms with Crippen LogP contribution in [0.3, 0.4) is 0 Å². The normalized spacial score (nSPS) is 15.8. The number of hydrogen-bond acceptors (Lipinski definition) is 7. The molecule has 1 aliphatic heterocycles. The van der Waals surface area contributed by atoms with Crippen molar-refractivity contribution in [1.29, 1.82) is 0 Å². The molecule has 0 bridgehead atoms. The molecule has 9 heteroatoms. The first-order valence-electron chi connectivity index (χ1n) is 9.21. The summed E-state index contributed by atoms with van der Waals surface area (Å²) in [6.45, 7) is 2.07. The highest BCUT2D eigenvalue weighted by Crippen LogP contribution is 2.26. The van der Waals surface area contributed by atoms with Gasteiger partial charge in [0, 0.05) is 18.0 Å². The van der Waals surface area contributed by atoms with Crippen molar-refractivity contribution in [2.45, 2.75) is 24.7 Å². The number of thiophene rings is 1. The van der Waals surface area contributed by atoms with Crippen molar-refractivity contribution >= 4 is 33.1 Å². The summed E-state index contributed by atoms with van der Waals surface area (Å²) in [6, 6.07) is 9.78. The van der Waals surface area contributed by atoms with Crippen molar-refractivity contribution in [3.05, 3.63) is 46.2 Å². The Morgan fingerprint density at radius 2 is 1.76 bits per heavy atom. The molecule has 2 heterocycles. The molecule has 2 aromatic rings. The molecule has 0 N–H and O–H groups in total. The molecule has 1 aromatic carbocycles. The van der Waals surface area contributed by atoms with E-state index in [1.54, 1.807) is 18.2 Å². The van der Waals surface area contributed by atoms with Gasteiger partial charge in [-0.15, -0.1) is 11.3 Å². The second-order valence-corrected chi connectivity index (χ2v) is 10.0. The summed E-state index contributed by atoms with van der Waals surface area (Å²) < 4.78 is 37.1. The fraction of sp³-hybridized carbons (Fsp3) is 0.400. The molecule has 1 fully saturated rings. The Kier molecular flexibility index (Phi) is 6.71. The van der Waals surface area contributed by atoms with E-state index in [1.807, 2.05) is 13.0 Å². The van der Waals surface area contributed by atoms with Crippen molar-refractivity contribution in [2.24, 2.45) is 5.92 Å². The minimum Gasteiger partial charge on any atom is -0.497 e. The molecule has 1 saturated heterocycles. The first-order chi connectivity index (χ1) is 13.8. The maximum Gasteiger partial charge on any atom is 0.309 e. The summed E-state index contributed by atoms with van der Waals surface area (Å²) in [6.07, 6.45) is 0.723. The Morgan fingerprint density at radius 3 is 2.31 bits per heavy atom. The molecule has 0 spiro atoms. The van der Waals surface area contributed by atoms with E-state index in [1.165, 1.54) is 34.9 Å². The fourth-order valence-corrected chi connectivity index (χ4v) is 5.40. The predicted molar refractivity (Wildman–Crippen MR) is 109 cm³/mol. The SMILES string of the molecule is COc1ccc(S(=O)(=O)N2CCC(C(=O)OCC(=O)c3ccc(C)s3)CC2)cc1. The number of ketones is 1. The number of Topliss-reactive ketones (excluding diaryl/α,β-unsaturated/α-hetero) is 1. The van der Waals surface area contributed by atoms with Crippen molar-refractivity contribution in [2.75, 3.05) is 26.8 Å². The van der Waals surface area contributed by atoms with Gasteiger partial charge in [-0.05, 0) is 56.2 Å². The van der Waals surface area contributed by atoms with Crippen LogP contribution < -0.4 is 4.74 Å². The molecule has 0 saturated carbocycles. The van der Waals surface area contributed by atoms with Crippen molar-refractivity contribution in [3.8, 4) is 5.75 Å². The summed E-state index contributed by atoms with van der Waals surface area (Å²) in [7, 11) is -2.11. The predicted octanol–water partition coefficient (Wildman–Crippen LogP) is 2.89. The third kappa shape index (κ3) is 5.04. The number of rotatable bonds is 7. The smallest absolute Gasteiger partial charge is 0.309 e. The minimum atomic E-state index is -3.62. The Labute approximate surface area is 174 Å². The second kappa shape index (κ2) is 9.06. The van der Waals surface area contributed by atoms with E-state index in [4.69, 9.17) is 9.47 Å². The largest absolute Gasteiger partial charge is 0.497 e. The quantitative estimate of drug-likeness (QED) is 0.489. The maximum atomic E-state index is 12.8. The fourth-order valence-electron chi connectivity index (χ4n) is 3.14. The molecule has 0 radical (unpaired) electrons. The Bertz CT molecular complexity index is 973. The average molecular weight is 438 g/mol. The summed E-state index contributed by atoms with van der Waals surface area (Å²) >= 11 is 1.36. The zero-order chi connectivity index (χ0) is 21.0. The number of aryl methyl sites for hydroxylation is 1. The van der Waals surface area contributed by atoms with Gasteiger partial charge in [0.05, 0.1) is 22.8 Å². The molecule has 1 aromatic heterocycles. The van der Waals surface area contributed by atoms with Gasteiger partial charge in [0.2, 0.25) is 15.8 Å². The standard InChI is InChI=1S/C20H23NO6S2/c1-14-3-8-19(28-14)18(22)13-27-20(23)15-9-11-21(12-10-15)29(24,25)17-6-4-16(26-2)5-7-17/h3-8,15H,9-13H2,1-2H3. The van der Waals surface area contributed by atoms with E-state index in [0.717, 1.165) is 4.88 Å². The lowest BCUT2D eigenvalue weighted by Gasteiger charge is -2.30. The summed E-state index contributed by atoms with van der Waals surface area (Å²) in [5, 5.41) is 0. The van der Waals surface area contributed by atoms with E-state index in [2.05, 4.69) is 0 Å². The van der Waals surface area contributed by atoms with Gasteiger partial charge in [0.15, 0.2) is 6.61 Å². The van der Waals surface area contributed by atoms with Gasteiger partial charge in [-0.1, -0.05) is 0 Å². The van der Waals surface area contributed by atoms with Crippen LogP contribution in [0.2, 0.25) is 0 Å². The van der Waals surface area contributed by atoms with Gasteiger partial charge in [-0.3, -0.25) is 9.59 Å². The van der Waals surface area contributed by atoms with Gasteiger partial charge < -0.3 is 9.47 Å². The summed E-state index contributed by atoms with van der Waals surface area (Å²) in [4.78, 5) is 26.1. The molecule has 1 aliphatic rings. The van der Waals surface area contributed by atoms with Gasteiger partial charge in [0.1, 0.15) is 5.75 Å². The van der Waals surface area contributed by atoms with Crippen LogP contribution in [0, 0.1) is 12.8 Å². The van der Waals surface area contributed by atoms with Gasteiger partial charge >= 0.3 is 5.97 Å². The van der Waals surface area contributed by atoms with Crippen molar-refractivity contribution in [1.82, 2.24) is 4.31 Å². The molecule has 156 valence electrons. The number of carbonyl (C=O) groups excluding carboxylic acids is 2. The van der Waals surface area contributed by atoms with Gasteiger partial charge in [-0.25, -0.2) is 8.42 Å². The number of esters is 1. The molecular formula is C20H23NO6S2. The van der Waals surface area contributed by atoms with Crippen LogP contribution in [0.15, 0.2) is 41.3 Å². The van der Waals surface area contributed by atoms with Crippen LogP contribution in [-0.2, 0) is 19.6 Å². The van der Waals surface area contributed by atoms with Crippen LogP contribution in [-0.4, -0.2) is 51.3 Å². The minimum absolute atomic E-state index is 0.191. The Balaban J connectivity index is 1.52. The molecule has 29 heavy (non-hydrogen) atoms. The van der Waals surface area contributed by atoms with Crippen LogP contribution in [0.5, 0.6) is 5.75 Å². The highest BCUT2D eigenvalue weighted by atomic mass is 32.2. The van der Waals surface area contributed by atoms with Crippen molar-refractivity contribution < 1.29 is 27.5 Å². The lowest BCUT2D eigenvalue weighted by Crippen LogP contribution is -2.40. The first-order valence-corrected chi connectivity index (χ1v) is 11.5. The van der Waals surface area contributed by atoms with Crippen LogP contribution >= 0.6 is 11.3 Å². The number of piperidine rings is 1. The molecule has 3 rings (SSSR count). The lowest BCUT2D eigenvalue weighted by molar-refractivity contribution is -0.148. The number of sulfonamides is 1. The Morgan fingerprint density at radius 1 is 1.10 bits per heavy atom. The molecule has 0 unspecified atom stereocenters.